The van der Waals surface area contributed by atoms with Crippen LogP contribution < -0.4 is 0 Å². The SMILES string of the molecule is CC(C)C(O)C(O)c1cc(F)ccc1F. The van der Waals surface area contributed by atoms with Crippen LogP contribution in [0.25, 0.3) is 0 Å². The summed E-state index contributed by atoms with van der Waals surface area (Å²) in [6, 6.07) is 2.79. The zero-order valence-corrected chi connectivity index (χ0v) is 8.61. The molecule has 2 N–H and O–H groups in total. The number of rotatable bonds is 3. The Morgan fingerprint density at radius 3 is 2.27 bits per heavy atom. The first-order valence-electron chi connectivity index (χ1n) is 4.74. The Kier molecular flexibility index (Phi) is 3.77. The van der Waals surface area contributed by atoms with E-state index in [-0.39, 0.29) is 11.5 Å². The number of aliphatic hydroxyl groups excluding tert-OH is 2. The second-order valence-electron chi connectivity index (χ2n) is 3.85. The van der Waals surface area contributed by atoms with Crippen molar-refractivity contribution in [1.82, 2.24) is 0 Å². The van der Waals surface area contributed by atoms with Crippen LogP contribution in [0.4, 0.5) is 8.78 Å². The normalized spacial score (nSPS) is 15.4. The Balaban J connectivity index is 2.99. The molecular weight excluding hydrogens is 202 g/mol. The first-order chi connectivity index (χ1) is 6.93. The molecule has 0 aliphatic carbocycles. The summed E-state index contributed by atoms with van der Waals surface area (Å²) in [5.74, 6) is -1.59. The van der Waals surface area contributed by atoms with Crippen LogP contribution in [0.2, 0.25) is 0 Å². The molecule has 1 aromatic carbocycles. The van der Waals surface area contributed by atoms with Gasteiger partial charge in [0.15, 0.2) is 0 Å². The van der Waals surface area contributed by atoms with Gasteiger partial charge >= 0.3 is 0 Å². The van der Waals surface area contributed by atoms with Crippen LogP contribution in [0, 0.1) is 17.6 Å². The second kappa shape index (κ2) is 4.68. The van der Waals surface area contributed by atoms with Crippen molar-refractivity contribution in [1.29, 1.82) is 0 Å². The summed E-state index contributed by atoms with van der Waals surface area (Å²) >= 11 is 0. The molecule has 0 spiro atoms. The molecule has 0 aromatic heterocycles. The molecule has 1 rings (SSSR count). The van der Waals surface area contributed by atoms with Gasteiger partial charge in [0, 0.05) is 5.56 Å². The molecule has 0 saturated heterocycles. The first kappa shape index (κ1) is 12.1. The van der Waals surface area contributed by atoms with Gasteiger partial charge < -0.3 is 10.2 Å². The highest BCUT2D eigenvalue weighted by molar-refractivity contribution is 5.22. The van der Waals surface area contributed by atoms with Crippen molar-refractivity contribution in [2.75, 3.05) is 0 Å². The van der Waals surface area contributed by atoms with Crippen molar-refractivity contribution >= 4 is 0 Å². The van der Waals surface area contributed by atoms with Gasteiger partial charge in [0.05, 0.1) is 6.10 Å². The van der Waals surface area contributed by atoms with E-state index < -0.39 is 23.8 Å². The van der Waals surface area contributed by atoms with Crippen LogP contribution in [0.15, 0.2) is 18.2 Å². The highest BCUT2D eigenvalue weighted by Crippen LogP contribution is 2.24. The molecular formula is C11H14F2O2. The molecule has 0 aliphatic rings. The molecule has 0 bridgehead atoms. The summed E-state index contributed by atoms with van der Waals surface area (Å²) in [4.78, 5) is 0. The molecule has 0 aliphatic heterocycles. The average Bonchev–Trinajstić information content (AvgIpc) is 2.19. The smallest absolute Gasteiger partial charge is 0.129 e. The standard InChI is InChI=1S/C11H14F2O2/c1-6(2)10(14)11(15)8-5-7(12)3-4-9(8)13/h3-6,10-11,14-15H,1-2H3. The summed E-state index contributed by atoms with van der Waals surface area (Å²) < 4.78 is 26.0. The van der Waals surface area contributed by atoms with E-state index in [0.29, 0.717) is 0 Å². The van der Waals surface area contributed by atoms with Crippen LogP contribution in [0.1, 0.15) is 25.5 Å². The van der Waals surface area contributed by atoms with Crippen LogP contribution >= 0.6 is 0 Å². The Morgan fingerprint density at radius 2 is 1.73 bits per heavy atom. The average molecular weight is 216 g/mol. The maximum absolute atomic E-state index is 13.2. The monoisotopic (exact) mass is 216 g/mol. The number of benzene rings is 1. The minimum absolute atomic E-state index is 0.212. The highest BCUT2D eigenvalue weighted by atomic mass is 19.1. The second-order valence-corrected chi connectivity index (χ2v) is 3.85. The maximum Gasteiger partial charge on any atom is 0.129 e. The van der Waals surface area contributed by atoms with Crippen molar-refractivity contribution in [2.24, 2.45) is 5.92 Å². The molecule has 2 atom stereocenters. The third-order valence-corrected chi connectivity index (χ3v) is 2.28. The first-order valence-corrected chi connectivity index (χ1v) is 4.74. The zero-order valence-electron chi connectivity index (χ0n) is 8.61. The van der Waals surface area contributed by atoms with Crippen LogP contribution in [0.5, 0.6) is 0 Å². The third kappa shape index (κ3) is 2.73. The van der Waals surface area contributed by atoms with E-state index in [1.54, 1.807) is 13.8 Å². The van der Waals surface area contributed by atoms with Crippen molar-refractivity contribution in [3.05, 3.63) is 35.4 Å². The molecule has 0 amide bonds. The summed E-state index contributed by atoms with van der Waals surface area (Å²) in [7, 11) is 0. The fourth-order valence-corrected chi connectivity index (χ4v) is 1.29. The Morgan fingerprint density at radius 1 is 1.13 bits per heavy atom. The van der Waals surface area contributed by atoms with E-state index in [1.165, 1.54) is 0 Å². The lowest BCUT2D eigenvalue weighted by Crippen LogP contribution is -2.24. The quantitative estimate of drug-likeness (QED) is 0.811. The van der Waals surface area contributed by atoms with Gasteiger partial charge in [0.1, 0.15) is 17.7 Å². The number of aliphatic hydroxyl groups is 2. The van der Waals surface area contributed by atoms with Gasteiger partial charge in [-0.05, 0) is 24.1 Å². The molecule has 84 valence electrons. The molecule has 0 heterocycles. The lowest BCUT2D eigenvalue weighted by molar-refractivity contribution is -0.0113. The Labute approximate surface area is 87.2 Å². The Bertz CT molecular complexity index is 339. The summed E-state index contributed by atoms with van der Waals surface area (Å²) in [6.45, 7) is 3.37. The Hall–Kier alpha value is -1.00. The fraction of sp³-hybridized carbons (Fsp3) is 0.455. The molecule has 2 nitrogen and oxygen atoms in total. The van der Waals surface area contributed by atoms with Crippen LogP contribution in [0.3, 0.4) is 0 Å². The van der Waals surface area contributed by atoms with Gasteiger partial charge in [0.2, 0.25) is 0 Å². The fourth-order valence-electron chi connectivity index (χ4n) is 1.29. The highest BCUT2D eigenvalue weighted by Gasteiger charge is 2.24. The van der Waals surface area contributed by atoms with Gasteiger partial charge in [-0.15, -0.1) is 0 Å². The van der Waals surface area contributed by atoms with Crippen molar-refractivity contribution in [2.45, 2.75) is 26.1 Å². The molecule has 1 aromatic rings. The molecule has 0 radical (unpaired) electrons. The number of hydrogen-bond acceptors (Lipinski definition) is 2. The van der Waals surface area contributed by atoms with Gasteiger partial charge in [-0.3, -0.25) is 0 Å². The van der Waals surface area contributed by atoms with E-state index in [4.69, 9.17) is 0 Å². The van der Waals surface area contributed by atoms with E-state index in [1.807, 2.05) is 0 Å². The van der Waals surface area contributed by atoms with Crippen molar-refractivity contribution in [3.63, 3.8) is 0 Å². The largest absolute Gasteiger partial charge is 0.390 e. The predicted molar refractivity (Wildman–Crippen MR) is 52.2 cm³/mol. The van der Waals surface area contributed by atoms with Crippen molar-refractivity contribution in [3.8, 4) is 0 Å². The van der Waals surface area contributed by atoms with Gasteiger partial charge in [-0.2, -0.15) is 0 Å². The summed E-state index contributed by atoms with van der Waals surface area (Å²) in [5.41, 5.74) is -0.212. The van der Waals surface area contributed by atoms with E-state index in [9.17, 15) is 19.0 Å². The lowest BCUT2D eigenvalue weighted by atomic mass is 9.96. The van der Waals surface area contributed by atoms with Crippen LogP contribution in [-0.4, -0.2) is 16.3 Å². The molecule has 0 saturated carbocycles. The predicted octanol–water partition coefficient (Wildman–Crippen LogP) is 2.02. The molecule has 15 heavy (non-hydrogen) atoms. The summed E-state index contributed by atoms with van der Waals surface area (Å²) in [6.07, 6.45) is -2.51. The summed E-state index contributed by atoms with van der Waals surface area (Å²) in [5, 5.41) is 19.1. The zero-order chi connectivity index (χ0) is 11.6. The van der Waals surface area contributed by atoms with Crippen LogP contribution in [-0.2, 0) is 0 Å². The van der Waals surface area contributed by atoms with E-state index in [0.717, 1.165) is 18.2 Å². The molecule has 4 heteroatoms. The molecule has 2 unspecified atom stereocenters. The molecule has 0 fully saturated rings. The topological polar surface area (TPSA) is 40.5 Å². The lowest BCUT2D eigenvalue weighted by Gasteiger charge is -2.21. The minimum atomic E-state index is -1.40. The third-order valence-electron chi connectivity index (χ3n) is 2.28. The van der Waals surface area contributed by atoms with Gasteiger partial charge in [-0.1, -0.05) is 13.8 Å². The van der Waals surface area contributed by atoms with Crippen molar-refractivity contribution < 1.29 is 19.0 Å². The van der Waals surface area contributed by atoms with E-state index >= 15 is 0 Å². The van der Waals surface area contributed by atoms with Gasteiger partial charge in [-0.25, -0.2) is 8.78 Å². The number of halogens is 2. The maximum atomic E-state index is 13.2. The minimum Gasteiger partial charge on any atom is -0.390 e. The van der Waals surface area contributed by atoms with E-state index in [2.05, 4.69) is 0 Å². The van der Waals surface area contributed by atoms with Gasteiger partial charge in [0.25, 0.3) is 0 Å². The number of hydrogen-bond donors (Lipinski definition) is 2.